The van der Waals surface area contributed by atoms with Crippen molar-refractivity contribution in [3.8, 4) is 11.5 Å². The molecule has 0 aliphatic heterocycles. The molecule has 0 heterocycles. The van der Waals surface area contributed by atoms with E-state index >= 15 is 0 Å². The van der Waals surface area contributed by atoms with E-state index in [-0.39, 0.29) is 37.7 Å². The number of phenols is 2. The van der Waals surface area contributed by atoms with Crippen LogP contribution in [0.4, 0.5) is 0 Å². The van der Waals surface area contributed by atoms with Crippen LogP contribution in [-0.4, -0.2) is 10.2 Å². The Hall–Kier alpha value is -2.90. The summed E-state index contributed by atoms with van der Waals surface area (Å²) in [4.78, 5) is 0. The van der Waals surface area contributed by atoms with Crippen molar-refractivity contribution in [2.24, 2.45) is 0 Å². The quantitative estimate of drug-likeness (QED) is 0.319. The normalized spacial score (nSPS) is 8.28. The average molecular weight is 462 g/mol. The molecular weight excluding hydrogens is 436 g/mol. The third-order valence-corrected chi connectivity index (χ3v) is 3.32. The largest absolute Gasteiger partial charge is 2.00 e. The Kier molecular flexibility index (Phi) is 15.5. The van der Waals surface area contributed by atoms with E-state index in [1.807, 2.05) is 72.8 Å². The van der Waals surface area contributed by atoms with E-state index in [2.05, 4.69) is 13.2 Å². The minimum Gasteiger partial charge on any atom is -0.508 e. The molecule has 0 aliphatic carbocycles. The summed E-state index contributed by atoms with van der Waals surface area (Å²) < 4.78 is 0. The Balaban J connectivity index is 0.000000369. The molecule has 29 heavy (non-hydrogen) atoms. The van der Waals surface area contributed by atoms with Crippen LogP contribution in [0.15, 0.2) is 122 Å². The maximum atomic E-state index is 8.90. The van der Waals surface area contributed by atoms with Gasteiger partial charge in [0.25, 0.3) is 0 Å². The maximum absolute atomic E-state index is 8.90. The van der Waals surface area contributed by atoms with Crippen molar-refractivity contribution in [2.75, 3.05) is 0 Å². The summed E-state index contributed by atoms with van der Waals surface area (Å²) >= 11 is 0. The second kappa shape index (κ2) is 17.2. The predicted octanol–water partition coefficient (Wildman–Crippen LogP) is 6.88. The number of phenolic OH excluding ortho intramolecular Hbond substituents is 2. The van der Waals surface area contributed by atoms with Crippen LogP contribution in [-0.2, 0) is 26.2 Å². The van der Waals surface area contributed by atoms with E-state index in [4.69, 9.17) is 10.2 Å². The van der Waals surface area contributed by atoms with Crippen molar-refractivity contribution in [1.82, 2.24) is 0 Å². The Morgan fingerprint density at radius 1 is 0.586 bits per heavy atom. The molecule has 2 nitrogen and oxygen atoms in total. The summed E-state index contributed by atoms with van der Waals surface area (Å²) in [7, 11) is 0. The van der Waals surface area contributed by atoms with Crippen molar-refractivity contribution in [3.63, 3.8) is 0 Å². The van der Waals surface area contributed by atoms with Gasteiger partial charge >= 0.3 is 26.2 Å². The van der Waals surface area contributed by atoms with Crippen LogP contribution in [0.3, 0.4) is 0 Å². The summed E-state index contributed by atoms with van der Waals surface area (Å²) in [6.07, 6.45) is 3.39. The Morgan fingerprint density at radius 3 is 1.10 bits per heavy atom. The Morgan fingerprint density at radius 2 is 0.931 bits per heavy atom. The molecule has 0 aromatic heterocycles. The molecule has 0 radical (unpaired) electrons. The van der Waals surface area contributed by atoms with Gasteiger partial charge in [-0.2, -0.15) is 36.4 Å². The first-order valence-corrected chi connectivity index (χ1v) is 8.82. The van der Waals surface area contributed by atoms with Crippen molar-refractivity contribution in [2.45, 2.75) is 0 Å². The van der Waals surface area contributed by atoms with Gasteiger partial charge in [0.05, 0.1) is 0 Å². The van der Waals surface area contributed by atoms with E-state index < -0.39 is 0 Å². The standard InChI is InChI=1S/2C8H8O.2C5H5.Zr/c2*1-2-7-4-3-5-8(9)6-7;2*1-2-4-5-3-1;/h2*2-6,9H,1H2;2*1-5H;/q;;2*-1;+2. The third kappa shape index (κ3) is 13.9. The van der Waals surface area contributed by atoms with Gasteiger partial charge < -0.3 is 10.2 Å². The molecule has 0 spiro atoms. The monoisotopic (exact) mass is 460 g/mol. The van der Waals surface area contributed by atoms with Crippen LogP contribution in [0.25, 0.3) is 12.2 Å². The van der Waals surface area contributed by atoms with Crippen molar-refractivity contribution >= 4 is 12.2 Å². The zero-order chi connectivity index (χ0) is 20.5. The van der Waals surface area contributed by atoms with Crippen LogP contribution in [0.2, 0.25) is 0 Å². The summed E-state index contributed by atoms with van der Waals surface area (Å²) in [5.74, 6) is 0.569. The van der Waals surface area contributed by atoms with Crippen molar-refractivity contribution in [3.05, 3.63) is 133 Å². The van der Waals surface area contributed by atoms with Crippen LogP contribution in [0.5, 0.6) is 11.5 Å². The molecule has 0 aliphatic rings. The van der Waals surface area contributed by atoms with Gasteiger partial charge in [-0.3, -0.25) is 0 Å². The fourth-order valence-corrected chi connectivity index (χ4v) is 1.95. The summed E-state index contributed by atoms with van der Waals surface area (Å²) in [6, 6.07) is 33.9. The third-order valence-electron chi connectivity index (χ3n) is 3.32. The van der Waals surface area contributed by atoms with E-state index in [9.17, 15) is 0 Å². The predicted molar refractivity (Wildman–Crippen MR) is 120 cm³/mol. The SMILES string of the molecule is C=Cc1cccc(O)c1.C=Cc1cccc(O)c1.[Zr+2].c1cc[cH-]c1.c1cc[cH-]c1. The molecule has 4 rings (SSSR count). The number of benzene rings is 2. The van der Waals surface area contributed by atoms with Gasteiger partial charge in [0.1, 0.15) is 11.5 Å². The number of rotatable bonds is 2. The minimum atomic E-state index is 0. The van der Waals surface area contributed by atoms with E-state index in [1.165, 1.54) is 0 Å². The molecule has 0 unspecified atom stereocenters. The van der Waals surface area contributed by atoms with Crippen LogP contribution < -0.4 is 0 Å². The van der Waals surface area contributed by atoms with Gasteiger partial charge in [0, 0.05) is 0 Å². The van der Waals surface area contributed by atoms with Crippen LogP contribution in [0.1, 0.15) is 11.1 Å². The number of aromatic hydroxyl groups is 2. The van der Waals surface area contributed by atoms with Crippen LogP contribution >= 0.6 is 0 Å². The molecule has 0 atom stereocenters. The maximum Gasteiger partial charge on any atom is 2.00 e. The zero-order valence-corrected chi connectivity index (χ0v) is 18.8. The molecule has 0 amide bonds. The Bertz CT molecular complexity index is 769. The molecule has 146 valence electrons. The molecule has 3 heteroatoms. The second-order valence-corrected chi connectivity index (χ2v) is 5.52. The molecule has 0 bridgehead atoms. The minimum absolute atomic E-state index is 0. The number of hydrogen-bond acceptors (Lipinski definition) is 2. The summed E-state index contributed by atoms with van der Waals surface area (Å²) in [5.41, 5.74) is 1.88. The second-order valence-electron chi connectivity index (χ2n) is 5.52. The molecule has 0 saturated carbocycles. The van der Waals surface area contributed by atoms with E-state index in [0.717, 1.165) is 11.1 Å². The molecule has 0 saturated heterocycles. The topological polar surface area (TPSA) is 40.5 Å². The first kappa shape index (κ1) is 26.1. The van der Waals surface area contributed by atoms with Crippen LogP contribution in [0, 0.1) is 0 Å². The summed E-state index contributed by atoms with van der Waals surface area (Å²) in [5, 5.41) is 17.8. The van der Waals surface area contributed by atoms with Gasteiger partial charge in [-0.05, 0) is 35.4 Å². The molecule has 4 aromatic carbocycles. The first-order valence-electron chi connectivity index (χ1n) is 8.82. The number of hydrogen-bond donors (Lipinski definition) is 2. The molecule has 4 aromatic rings. The van der Waals surface area contributed by atoms with Gasteiger partial charge in [-0.15, -0.1) is 0 Å². The van der Waals surface area contributed by atoms with Gasteiger partial charge in [0.2, 0.25) is 0 Å². The van der Waals surface area contributed by atoms with Gasteiger partial charge in [-0.25, -0.2) is 24.3 Å². The van der Waals surface area contributed by atoms with Gasteiger partial charge in [0.15, 0.2) is 0 Å². The smallest absolute Gasteiger partial charge is 0.508 e. The molecular formula is C26H26O2Zr. The zero-order valence-electron chi connectivity index (χ0n) is 16.4. The van der Waals surface area contributed by atoms with E-state index in [0.29, 0.717) is 0 Å². The first-order chi connectivity index (χ1) is 13.7. The molecule has 0 fully saturated rings. The van der Waals surface area contributed by atoms with Crippen molar-refractivity contribution in [1.29, 1.82) is 0 Å². The molecule has 2 N–H and O–H groups in total. The average Bonchev–Trinajstić information content (AvgIpc) is 3.47. The summed E-state index contributed by atoms with van der Waals surface area (Å²) in [6.45, 7) is 7.12. The fourth-order valence-electron chi connectivity index (χ4n) is 1.95. The van der Waals surface area contributed by atoms with Gasteiger partial charge in [-0.1, -0.05) is 49.6 Å². The fraction of sp³-hybridized carbons (Fsp3) is 0. The van der Waals surface area contributed by atoms with E-state index in [1.54, 1.807) is 48.6 Å². The Labute approximate surface area is 193 Å². The van der Waals surface area contributed by atoms with Crippen molar-refractivity contribution < 1.29 is 36.4 Å².